The molecule has 0 aliphatic rings. The normalized spacial score (nSPS) is 11.3. The first-order valence-electron chi connectivity index (χ1n) is 8.01. The number of nitrogens with zero attached hydrogens (tertiary/aromatic N) is 3. The van der Waals surface area contributed by atoms with Gasteiger partial charge in [-0.3, -0.25) is 24.7 Å². The number of rotatable bonds is 4. The van der Waals surface area contributed by atoms with E-state index in [0.717, 1.165) is 12.1 Å². The monoisotopic (exact) mass is 337 g/mol. The lowest BCUT2D eigenvalue weighted by atomic mass is 10.1. The van der Waals surface area contributed by atoms with E-state index in [4.69, 9.17) is 0 Å². The molecule has 0 fully saturated rings. The number of aromatic nitrogens is 4. The Balaban J connectivity index is 1.98. The van der Waals surface area contributed by atoms with Gasteiger partial charge in [-0.2, -0.15) is 4.68 Å². The van der Waals surface area contributed by atoms with Gasteiger partial charge in [-0.25, -0.2) is 4.98 Å². The van der Waals surface area contributed by atoms with Gasteiger partial charge in [0.15, 0.2) is 0 Å². The molecular weight excluding hydrogens is 318 g/mol. The Morgan fingerprint density at radius 1 is 1.20 bits per heavy atom. The molecule has 0 saturated carbocycles. The third-order valence-corrected chi connectivity index (χ3v) is 3.87. The van der Waals surface area contributed by atoms with Crippen LogP contribution in [0.1, 0.15) is 29.4 Å². The molecule has 7 heteroatoms. The number of H-pyrrole nitrogens is 2. The number of benzene rings is 1. The summed E-state index contributed by atoms with van der Waals surface area (Å²) in [5.74, 6) is 0.157. The zero-order chi connectivity index (χ0) is 18.0. The van der Waals surface area contributed by atoms with E-state index in [-0.39, 0.29) is 17.1 Å². The van der Waals surface area contributed by atoms with Crippen LogP contribution >= 0.6 is 0 Å². The highest BCUT2D eigenvalue weighted by Gasteiger charge is 2.12. The fourth-order valence-electron chi connectivity index (χ4n) is 2.49. The van der Waals surface area contributed by atoms with E-state index in [1.807, 2.05) is 24.3 Å². The second-order valence-corrected chi connectivity index (χ2v) is 5.78. The van der Waals surface area contributed by atoms with Gasteiger partial charge in [0.25, 0.3) is 11.1 Å². The van der Waals surface area contributed by atoms with Crippen molar-refractivity contribution in [1.82, 2.24) is 19.7 Å². The van der Waals surface area contributed by atoms with E-state index in [1.54, 1.807) is 13.8 Å². The molecule has 2 aromatic heterocycles. The predicted octanol–water partition coefficient (Wildman–Crippen LogP) is 2.18. The number of aromatic amines is 2. The van der Waals surface area contributed by atoms with Gasteiger partial charge in [0.2, 0.25) is 5.95 Å². The highest BCUT2D eigenvalue weighted by molar-refractivity contribution is 5.82. The molecule has 0 atom stereocenters. The molecule has 0 amide bonds. The van der Waals surface area contributed by atoms with Crippen molar-refractivity contribution < 1.29 is 0 Å². The minimum atomic E-state index is -0.319. The van der Waals surface area contributed by atoms with Crippen molar-refractivity contribution in [2.45, 2.75) is 27.2 Å². The van der Waals surface area contributed by atoms with Crippen LogP contribution in [0.4, 0.5) is 5.69 Å². The largest absolute Gasteiger partial charge is 0.292 e. The van der Waals surface area contributed by atoms with Crippen LogP contribution in [0, 0.1) is 13.8 Å². The van der Waals surface area contributed by atoms with E-state index in [2.05, 4.69) is 27.0 Å². The van der Waals surface area contributed by atoms with Gasteiger partial charge in [-0.05, 0) is 38.0 Å². The zero-order valence-corrected chi connectivity index (χ0v) is 14.3. The molecule has 2 N–H and O–H groups in total. The Bertz CT molecular complexity index is 1040. The van der Waals surface area contributed by atoms with Gasteiger partial charge in [-0.15, -0.1) is 0 Å². The quantitative estimate of drug-likeness (QED) is 0.714. The minimum Gasteiger partial charge on any atom is -0.292 e. The van der Waals surface area contributed by atoms with Crippen LogP contribution in [0.5, 0.6) is 0 Å². The molecule has 3 rings (SSSR count). The van der Waals surface area contributed by atoms with E-state index in [9.17, 15) is 9.59 Å². The average Bonchev–Trinajstić information content (AvgIpc) is 2.87. The molecule has 0 radical (unpaired) electrons. The zero-order valence-electron chi connectivity index (χ0n) is 14.3. The van der Waals surface area contributed by atoms with Crippen molar-refractivity contribution in [2.75, 3.05) is 0 Å². The first-order valence-corrected chi connectivity index (χ1v) is 8.01. The van der Waals surface area contributed by atoms with Crippen LogP contribution < -0.4 is 11.1 Å². The lowest BCUT2D eigenvalue weighted by Gasteiger charge is -2.00. The van der Waals surface area contributed by atoms with E-state index < -0.39 is 0 Å². The third kappa shape index (κ3) is 3.50. The Hall–Kier alpha value is -3.22. The van der Waals surface area contributed by atoms with E-state index >= 15 is 0 Å². The molecule has 1 aromatic carbocycles. The maximum absolute atomic E-state index is 12.6. The molecule has 128 valence electrons. The predicted molar refractivity (Wildman–Crippen MR) is 97.4 cm³/mol. The van der Waals surface area contributed by atoms with Crippen LogP contribution in [-0.2, 0) is 6.42 Å². The number of hydrogen-bond acceptors (Lipinski definition) is 4. The molecule has 0 bridgehead atoms. The van der Waals surface area contributed by atoms with Crippen molar-refractivity contribution in [3.05, 3.63) is 73.6 Å². The van der Waals surface area contributed by atoms with Gasteiger partial charge in [-0.1, -0.05) is 19.1 Å². The standard InChI is InChI=1S/C18H19N5O2/c1-4-13-5-7-14(8-6-13)19-10-15-12(3)22-23(17(15)25)18-20-11(2)9-16(24)21-18/h5-10,22H,4H2,1-3H3,(H,20,21,24). The lowest BCUT2D eigenvalue weighted by molar-refractivity contribution is 0.763. The molecule has 7 nitrogen and oxygen atoms in total. The molecule has 0 aliphatic carbocycles. The first kappa shape index (κ1) is 16.6. The summed E-state index contributed by atoms with van der Waals surface area (Å²) in [4.78, 5) is 35.3. The summed E-state index contributed by atoms with van der Waals surface area (Å²) in [6, 6.07) is 9.21. The molecule has 0 aliphatic heterocycles. The Morgan fingerprint density at radius 3 is 2.56 bits per heavy atom. The second kappa shape index (κ2) is 6.72. The topological polar surface area (TPSA) is 95.9 Å². The molecule has 2 heterocycles. The molecule has 3 aromatic rings. The van der Waals surface area contributed by atoms with Gasteiger partial charge in [0.05, 0.1) is 11.3 Å². The fourth-order valence-corrected chi connectivity index (χ4v) is 2.49. The van der Waals surface area contributed by atoms with Gasteiger partial charge >= 0.3 is 0 Å². The van der Waals surface area contributed by atoms with Crippen molar-refractivity contribution >= 4 is 11.9 Å². The molecule has 25 heavy (non-hydrogen) atoms. The average molecular weight is 337 g/mol. The molecule has 0 unspecified atom stereocenters. The summed E-state index contributed by atoms with van der Waals surface area (Å²) in [5.41, 5.74) is 2.96. The van der Waals surface area contributed by atoms with Crippen molar-refractivity contribution in [3.8, 4) is 5.95 Å². The van der Waals surface area contributed by atoms with E-state index in [1.165, 1.54) is 22.5 Å². The summed E-state index contributed by atoms with van der Waals surface area (Å²) in [5, 5.41) is 2.92. The van der Waals surface area contributed by atoms with Crippen LogP contribution in [0.25, 0.3) is 5.95 Å². The summed E-state index contributed by atoms with van der Waals surface area (Å²) in [6.07, 6.45) is 2.49. The van der Waals surface area contributed by atoms with Crippen LogP contribution in [0.2, 0.25) is 0 Å². The van der Waals surface area contributed by atoms with Crippen LogP contribution in [-0.4, -0.2) is 26.0 Å². The summed E-state index contributed by atoms with van der Waals surface area (Å²) in [7, 11) is 0. The van der Waals surface area contributed by atoms with Gasteiger partial charge in [0, 0.05) is 23.7 Å². The molecule has 0 saturated heterocycles. The maximum atomic E-state index is 12.6. The SMILES string of the molecule is CCc1ccc(N=Cc2c(C)[nH]n(-c3nc(C)cc(=O)[nH]3)c2=O)cc1. The van der Waals surface area contributed by atoms with E-state index in [0.29, 0.717) is 17.0 Å². The van der Waals surface area contributed by atoms with Crippen molar-refractivity contribution in [2.24, 2.45) is 4.99 Å². The lowest BCUT2D eigenvalue weighted by Crippen LogP contribution is -2.23. The summed E-state index contributed by atoms with van der Waals surface area (Å²) in [6.45, 7) is 5.56. The fraction of sp³-hybridized carbons (Fsp3) is 0.222. The Kier molecular flexibility index (Phi) is 4.47. The summed E-state index contributed by atoms with van der Waals surface area (Å²) >= 11 is 0. The minimum absolute atomic E-state index is 0.157. The van der Waals surface area contributed by atoms with Crippen LogP contribution in [0.3, 0.4) is 0 Å². The van der Waals surface area contributed by atoms with Crippen molar-refractivity contribution in [3.63, 3.8) is 0 Å². The second-order valence-electron chi connectivity index (χ2n) is 5.78. The molecule has 0 spiro atoms. The number of nitrogens with one attached hydrogen (secondary N) is 2. The summed E-state index contributed by atoms with van der Waals surface area (Å²) < 4.78 is 1.21. The number of hydrogen-bond donors (Lipinski definition) is 2. The van der Waals surface area contributed by atoms with Crippen LogP contribution in [0.15, 0.2) is 44.9 Å². The highest BCUT2D eigenvalue weighted by Crippen LogP contribution is 2.13. The Morgan fingerprint density at radius 2 is 1.92 bits per heavy atom. The highest BCUT2D eigenvalue weighted by atomic mass is 16.1. The first-order chi connectivity index (χ1) is 12.0. The maximum Gasteiger partial charge on any atom is 0.282 e. The number of aryl methyl sites for hydroxylation is 3. The van der Waals surface area contributed by atoms with Crippen molar-refractivity contribution in [1.29, 1.82) is 0 Å². The molecular formula is C18H19N5O2. The smallest absolute Gasteiger partial charge is 0.282 e. The third-order valence-electron chi connectivity index (χ3n) is 3.87. The van der Waals surface area contributed by atoms with Gasteiger partial charge < -0.3 is 0 Å². The number of aliphatic imine (C=N–C) groups is 1. The Labute approximate surface area is 144 Å². The van der Waals surface area contributed by atoms with Gasteiger partial charge in [0.1, 0.15) is 0 Å².